The third-order valence-corrected chi connectivity index (χ3v) is 1.21. The average molecular weight is 159 g/mol. The lowest BCUT2D eigenvalue weighted by Gasteiger charge is -1.97. The summed E-state index contributed by atoms with van der Waals surface area (Å²) < 4.78 is 0. The molecule has 1 N–H and O–H groups in total. The smallest absolute Gasteiger partial charge is 0.146 e. The van der Waals surface area contributed by atoms with Crippen molar-refractivity contribution in [3.63, 3.8) is 0 Å². The number of halogens is 1. The Hall–Kier alpha value is -0.450. The largest absolute Gasteiger partial charge is 0.374 e. The van der Waals surface area contributed by atoms with E-state index in [0.29, 0.717) is 6.42 Å². The Bertz CT molecular complexity index is 153. The first-order valence-corrected chi connectivity index (χ1v) is 3.53. The quantitative estimate of drug-likeness (QED) is 0.378. The molecule has 0 amide bonds. The fourth-order valence-electron chi connectivity index (χ4n) is 0.587. The van der Waals surface area contributed by atoms with E-state index in [4.69, 9.17) is 23.1 Å². The number of hydrogen-bond acceptors (Lipinski definition) is 1. The average Bonchev–Trinajstić information content (AvgIpc) is 1.82. The predicted molar refractivity (Wildman–Crippen MR) is 43.7 cm³/mol. The van der Waals surface area contributed by atoms with Crippen LogP contribution in [-0.2, 0) is 0 Å². The topological polar surface area (TPSA) is 20.2 Å². The Morgan fingerprint density at radius 3 is 2.90 bits per heavy atom. The summed E-state index contributed by atoms with van der Waals surface area (Å²) in [5, 5.41) is 8.66. The summed E-state index contributed by atoms with van der Waals surface area (Å²) >= 11 is 5.28. The van der Waals surface area contributed by atoms with Crippen LogP contribution in [0.4, 0.5) is 0 Å². The van der Waals surface area contributed by atoms with E-state index >= 15 is 0 Å². The molecule has 0 aliphatic heterocycles. The van der Waals surface area contributed by atoms with Crippen molar-refractivity contribution in [2.45, 2.75) is 25.3 Å². The number of aliphatic hydroxyl groups is 1. The maximum absolute atomic E-state index is 8.66. The van der Waals surface area contributed by atoms with Crippen LogP contribution in [0.1, 0.15) is 19.8 Å². The summed E-state index contributed by atoms with van der Waals surface area (Å²) in [5.41, 5.74) is 0.151. The van der Waals surface area contributed by atoms with Crippen LogP contribution in [0, 0.1) is 12.3 Å². The van der Waals surface area contributed by atoms with Crippen molar-refractivity contribution in [2.75, 3.05) is 0 Å². The van der Waals surface area contributed by atoms with Gasteiger partial charge in [0.2, 0.25) is 0 Å². The van der Waals surface area contributed by atoms with Gasteiger partial charge in [-0.15, -0.1) is 12.3 Å². The molecule has 0 aromatic rings. The zero-order valence-electron chi connectivity index (χ0n) is 5.97. The Kier molecular flexibility index (Phi) is 5.10. The molecule has 0 heterocycles. The van der Waals surface area contributed by atoms with Gasteiger partial charge in [0.1, 0.15) is 5.56 Å². The van der Waals surface area contributed by atoms with E-state index in [1.807, 2.05) is 6.92 Å². The van der Waals surface area contributed by atoms with E-state index in [-0.39, 0.29) is 0 Å². The van der Waals surface area contributed by atoms with E-state index in [1.165, 1.54) is 0 Å². The first-order chi connectivity index (χ1) is 4.66. The zero-order valence-corrected chi connectivity index (χ0v) is 6.73. The molecule has 56 valence electrons. The van der Waals surface area contributed by atoms with E-state index in [9.17, 15) is 0 Å². The zero-order chi connectivity index (χ0) is 7.98. The molecule has 1 atom stereocenters. The second-order valence-electron chi connectivity index (χ2n) is 2.09. The summed E-state index contributed by atoms with van der Waals surface area (Å²) in [7, 11) is 0. The lowest BCUT2D eigenvalue weighted by atomic mass is 10.1. The molecule has 0 saturated heterocycles. The maximum atomic E-state index is 8.66. The second-order valence-corrected chi connectivity index (χ2v) is 2.54. The van der Waals surface area contributed by atoms with Crippen LogP contribution < -0.4 is 0 Å². The van der Waals surface area contributed by atoms with Crippen LogP contribution in [0.5, 0.6) is 0 Å². The number of rotatable bonds is 3. The van der Waals surface area contributed by atoms with Crippen molar-refractivity contribution in [3.8, 4) is 12.3 Å². The number of allylic oxidation sites excluding steroid dienone is 1. The number of hydrogen-bond donors (Lipinski definition) is 1. The van der Waals surface area contributed by atoms with E-state index < -0.39 is 5.56 Å². The molecule has 1 unspecified atom stereocenters. The van der Waals surface area contributed by atoms with E-state index in [2.05, 4.69) is 5.92 Å². The monoisotopic (exact) mass is 158 g/mol. The molecule has 0 radical (unpaired) electrons. The SMILES string of the molecule is C#CCC/C(C)=C\C(O)Cl. The highest BCUT2D eigenvalue weighted by Gasteiger charge is 1.92. The van der Waals surface area contributed by atoms with Crippen LogP contribution in [0.25, 0.3) is 0 Å². The lowest BCUT2D eigenvalue weighted by Crippen LogP contribution is -1.90. The molecular formula is C8H11ClO. The van der Waals surface area contributed by atoms with Gasteiger partial charge in [-0.3, -0.25) is 0 Å². The Balaban J connectivity index is 3.62. The van der Waals surface area contributed by atoms with Gasteiger partial charge < -0.3 is 5.11 Å². The maximum Gasteiger partial charge on any atom is 0.146 e. The lowest BCUT2D eigenvalue weighted by molar-refractivity contribution is 0.302. The van der Waals surface area contributed by atoms with Gasteiger partial charge >= 0.3 is 0 Å². The molecule has 0 saturated carbocycles. The van der Waals surface area contributed by atoms with Crippen molar-refractivity contribution in [2.24, 2.45) is 0 Å². The van der Waals surface area contributed by atoms with Crippen molar-refractivity contribution in [3.05, 3.63) is 11.6 Å². The summed E-state index contributed by atoms with van der Waals surface area (Å²) in [4.78, 5) is 0. The molecule has 1 nitrogen and oxygen atoms in total. The fraction of sp³-hybridized carbons (Fsp3) is 0.500. The minimum Gasteiger partial charge on any atom is -0.374 e. The molecule has 0 rings (SSSR count). The molecule has 0 aromatic carbocycles. The van der Waals surface area contributed by atoms with Crippen LogP contribution >= 0.6 is 11.6 Å². The highest BCUT2D eigenvalue weighted by atomic mass is 35.5. The molecule has 0 fully saturated rings. The van der Waals surface area contributed by atoms with Gasteiger partial charge in [-0.1, -0.05) is 17.2 Å². The van der Waals surface area contributed by atoms with Crippen molar-refractivity contribution in [1.29, 1.82) is 0 Å². The normalized spacial score (nSPS) is 14.4. The first-order valence-electron chi connectivity index (χ1n) is 3.09. The molecule has 10 heavy (non-hydrogen) atoms. The standard InChI is InChI=1S/C8H11ClO/c1-3-4-5-7(2)6-8(9)10/h1,6,8,10H,4-5H2,2H3/b7-6-. The molecule has 0 bridgehead atoms. The molecular weight excluding hydrogens is 148 g/mol. The predicted octanol–water partition coefficient (Wildman–Crippen LogP) is 1.90. The summed E-state index contributed by atoms with van der Waals surface area (Å²) in [5.74, 6) is 2.51. The second kappa shape index (κ2) is 5.34. The highest BCUT2D eigenvalue weighted by Crippen LogP contribution is 2.05. The molecule has 2 heteroatoms. The minimum atomic E-state index is -0.877. The van der Waals surface area contributed by atoms with Crippen LogP contribution in [0.2, 0.25) is 0 Å². The first kappa shape index (κ1) is 9.55. The molecule has 0 spiro atoms. The molecule has 0 aliphatic carbocycles. The summed E-state index contributed by atoms with van der Waals surface area (Å²) in [6.45, 7) is 1.89. The van der Waals surface area contributed by atoms with Gasteiger partial charge in [-0.25, -0.2) is 0 Å². The molecule has 0 aliphatic rings. The number of terminal acetylenes is 1. The van der Waals surface area contributed by atoms with Gasteiger partial charge in [-0.05, 0) is 19.4 Å². The number of aliphatic hydroxyl groups excluding tert-OH is 1. The van der Waals surface area contributed by atoms with E-state index in [0.717, 1.165) is 12.0 Å². The van der Waals surface area contributed by atoms with Gasteiger partial charge in [-0.2, -0.15) is 0 Å². The Labute approximate surface area is 66.7 Å². The van der Waals surface area contributed by atoms with Crippen LogP contribution in [0.3, 0.4) is 0 Å². The molecule has 0 aromatic heterocycles. The van der Waals surface area contributed by atoms with Gasteiger partial charge in [0.15, 0.2) is 0 Å². The van der Waals surface area contributed by atoms with Crippen molar-refractivity contribution < 1.29 is 5.11 Å². The Morgan fingerprint density at radius 1 is 1.90 bits per heavy atom. The third-order valence-electron chi connectivity index (χ3n) is 1.09. The van der Waals surface area contributed by atoms with Crippen LogP contribution in [-0.4, -0.2) is 10.7 Å². The highest BCUT2D eigenvalue weighted by molar-refractivity contribution is 6.20. The fourth-order valence-corrected chi connectivity index (χ4v) is 0.803. The van der Waals surface area contributed by atoms with Gasteiger partial charge in [0.05, 0.1) is 0 Å². The summed E-state index contributed by atoms with van der Waals surface area (Å²) in [6, 6.07) is 0. The van der Waals surface area contributed by atoms with Crippen LogP contribution in [0.15, 0.2) is 11.6 Å². The Morgan fingerprint density at radius 2 is 2.50 bits per heavy atom. The minimum absolute atomic E-state index is 0.700. The van der Waals surface area contributed by atoms with Gasteiger partial charge in [0.25, 0.3) is 0 Å². The van der Waals surface area contributed by atoms with Crippen molar-refractivity contribution >= 4 is 11.6 Å². The van der Waals surface area contributed by atoms with Gasteiger partial charge in [0, 0.05) is 6.42 Å². The van der Waals surface area contributed by atoms with Crippen molar-refractivity contribution in [1.82, 2.24) is 0 Å². The van der Waals surface area contributed by atoms with E-state index in [1.54, 1.807) is 6.08 Å². The summed E-state index contributed by atoms with van der Waals surface area (Å²) in [6.07, 6.45) is 8.12. The number of alkyl halides is 1. The third kappa shape index (κ3) is 5.68.